The summed E-state index contributed by atoms with van der Waals surface area (Å²) in [7, 11) is 1.39. The molecule has 162 valence electrons. The molecule has 0 aromatic heterocycles. The number of carboxylic acids is 1. The number of carbonyl (C=O) groups excluding carboxylic acids is 1. The Morgan fingerprint density at radius 3 is 2.68 bits per heavy atom. The molecule has 31 heavy (non-hydrogen) atoms. The lowest BCUT2D eigenvalue weighted by molar-refractivity contribution is -0.139. The molecule has 0 radical (unpaired) electrons. The van der Waals surface area contributed by atoms with Gasteiger partial charge in [0.1, 0.15) is 0 Å². The van der Waals surface area contributed by atoms with E-state index >= 15 is 0 Å². The fraction of sp³-hybridized carbons (Fsp3) is 0.150. The zero-order valence-corrected chi connectivity index (χ0v) is 16.7. The van der Waals surface area contributed by atoms with Crippen LogP contribution in [0.15, 0.2) is 52.4 Å². The van der Waals surface area contributed by atoms with Crippen molar-refractivity contribution in [2.24, 2.45) is 4.99 Å². The van der Waals surface area contributed by atoms with Crippen LogP contribution in [0.2, 0.25) is 0 Å². The lowest BCUT2D eigenvalue weighted by Gasteiger charge is -2.12. The van der Waals surface area contributed by atoms with E-state index in [1.807, 2.05) is 0 Å². The number of methoxy groups -OCH3 is 1. The number of thioether (sulfide) groups is 1. The molecule has 3 rings (SSSR count). The molecule has 2 aromatic rings. The summed E-state index contributed by atoms with van der Waals surface area (Å²) in [5, 5.41) is 11.5. The number of amides is 1. The number of aliphatic carboxylic acids is 1. The Balaban J connectivity index is 1.89. The van der Waals surface area contributed by atoms with Gasteiger partial charge in [0, 0.05) is 5.56 Å². The second-order valence-electron chi connectivity index (χ2n) is 6.09. The first-order valence-electron chi connectivity index (χ1n) is 8.66. The van der Waals surface area contributed by atoms with E-state index in [2.05, 4.69) is 10.3 Å². The molecule has 1 saturated heterocycles. The van der Waals surface area contributed by atoms with E-state index < -0.39 is 30.2 Å². The smallest absolute Gasteiger partial charge is 0.416 e. The molecule has 0 saturated carbocycles. The second kappa shape index (κ2) is 9.13. The van der Waals surface area contributed by atoms with Crippen LogP contribution in [0.25, 0.3) is 6.08 Å². The van der Waals surface area contributed by atoms with Crippen molar-refractivity contribution >= 4 is 40.6 Å². The number of halogens is 3. The van der Waals surface area contributed by atoms with Crippen LogP contribution in [-0.4, -0.2) is 35.9 Å². The Bertz CT molecular complexity index is 1080. The molecule has 2 N–H and O–H groups in total. The van der Waals surface area contributed by atoms with Gasteiger partial charge in [-0.2, -0.15) is 13.2 Å². The first-order valence-corrected chi connectivity index (χ1v) is 9.47. The van der Waals surface area contributed by atoms with Gasteiger partial charge in [0.15, 0.2) is 23.3 Å². The van der Waals surface area contributed by atoms with E-state index in [0.29, 0.717) is 5.56 Å². The molecule has 11 heteroatoms. The van der Waals surface area contributed by atoms with E-state index in [4.69, 9.17) is 14.6 Å². The number of amidine groups is 1. The molecule has 0 atom stereocenters. The highest BCUT2D eigenvalue weighted by molar-refractivity contribution is 8.18. The van der Waals surface area contributed by atoms with Gasteiger partial charge < -0.3 is 19.9 Å². The van der Waals surface area contributed by atoms with Crippen LogP contribution < -0.4 is 14.8 Å². The van der Waals surface area contributed by atoms with Crippen molar-refractivity contribution in [3.8, 4) is 11.5 Å². The number of para-hydroxylation sites is 1. The maximum absolute atomic E-state index is 12.9. The number of hydrogen-bond donors (Lipinski definition) is 2. The van der Waals surface area contributed by atoms with Crippen LogP contribution >= 0.6 is 11.8 Å². The highest BCUT2D eigenvalue weighted by atomic mass is 32.2. The summed E-state index contributed by atoms with van der Waals surface area (Å²) >= 11 is 0.925. The molecule has 2 aromatic carbocycles. The fourth-order valence-electron chi connectivity index (χ4n) is 2.59. The van der Waals surface area contributed by atoms with Crippen molar-refractivity contribution in [1.82, 2.24) is 5.32 Å². The van der Waals surface area contributed by atoms with Crippen molar-refractivity contribution in [2.75, 3.05) is 13.7 Å². The number of hydrogen-bond acceptors (Lipinski definition) is 6. The predicted molar refractivity (Wildman–Crippen MR) is 108 cm³/mol. The molecule has 1 heterocycles. The molecule has 1 amide bonds. The molecule has 0 spiro atoms. The van der Waals surface area contributed by atoms with Gasteiger partial charge in [0.05, 0.1) is 23.3 Å². The number of alkyl halides is 3. The third-order valence-corrected chi connectivity index (χ3v) is 4.82. The molecular formula is C20H15F3N2O5S. The Labute approximate surface area is 178 Å². The monoisotopic (exact) mass is 452 g/mol. The number of nitrogens with zero attached hydrogens (tertiary/aromatic N) is 1. The maximum Gasteiger partial charge on any atom is 0.416 e. The Morgan fingerprint density at radius 2 is 2.00 bits per heavy atom. The van der Waals surface area contributed by atoms with E-state index in [-0.39, 0.29) is 27.3 Å². The van der Waals surface area contributed by atoms with E-state index in [1.165, 1.54) is 25.3 Å². The molecular weight excluding hydrogens is 437 g/mol. The quantitative estimate of drug-likeness (QED) is 0.642. The minimum absolute atomic E-state index is 0.0331. The summed E-state index contributed by atoms with van der Waals surface area (Å²) in [5.74, 6) is -1.29. The first kappa shape index (κ1) is 22.2. The topological polar surface area (TPSA) is 97.2 Å². The van der Waals surface area contributed by atoms with E-state index in [0.717, 1.165) is 23.9 Å². The summed E-state index contributed by atoms with van der Waals surface area (Å²) < 4.78 is 49.1. The van der Waals surface area contributed by atoms with E-state index in [9.17, 15) is 22.8 Å². The SMILES string of the molecule is COc1cccc(C=C2SC(=Nc3cccc(C(F)(F)F)c3)NC2=O)c1OCC(=O)O. The van der Waals surface area contributed by atoms with Gasteiger partial charge in [-0.25, -0.2) is 9.79 Å². The minimum Gasteiger partial charge on any atom is -0.493 e. The fourth-order valence-corrected chi connectivity index (χ4v) is 3.42. The number of aliphatic imine (C=N–C) groups is 1. The first-order chi connectivity index (χ1) is 14.7. The van der Waals surface area contributed by atoms with Gasteiger partial charge in [-0.3, -0.25) is 4.79 Å². The molecule has 1 aliphatic heterocycles. The number of ether oxygens (including phenoxy) is 2. The molecule has 1 aliphatic rings. The number of carbonyl (C=O) groups is 2. The number of benzene rings is 2. The highest BCUT2D eigenvalue weighted by Crippen LogP contribution is 2.36. The number of rotatable bonds is 6. The van der Waals surface area contributed by atoms with Gasteiger partial charge in [-0.1, -0.05) is 18.2 Å². The van der Waals surface area contributed by atoms with Crippen LogP contribution in [0.3, 0.4) is 0 Å². The van der Waals surface area contributed by atoms with Crippen molar-refractivity contribution < 1.29 is 37.3 Å². The average Bonchev–Trinajstić information content (AvgIpc) is 3.04. The second-order valence-corrected chi connectivity index (χ2v) is 7.12. The standard InChI is InChI=1S/C20H15F3N2O5S/c1-29-14-7-2-4-11(17(14)30-10-16(26)27)8-15-18(28)25-19(31-15)24-13-6-3-5-12(9-13)20(21,22)23/h2-9H,10H2,1H3,(H,26,27)(H,24,25,28). The molecule has 7 nitrogen and oxygen atoms in total. The molecule has 0 aliphatic carbocycles. The molecule has 1 fully saturated rings. The van der Waals surface area contributed by atoms with Crippen molar-refractivity contribution in [3.63, 3.8) is 0 Å². The Morgan fingerprint density at radius 1 is 1.26 bits per heavy atom. The molecule has 0 unspecified atom stereocenters. The van der Waals surface area contributed by atoms with Gasteiger partial charge in [0.25, 0.3) is 5.91 Å². The summed E-state index contributed by atoms with van der Waals surface area (Å²) in [5.41, 5.74) is -0.430. The molecule has 0 bridgehead atoms. The summed E-state index contributed by atoms with van der Waals surface area (Å²) in [6.07, 6.45) is -3.06. The Hall–Kier alpha value is -3.47. The largest absolute Gasteiger partial charge is 0.493 e. The van der Waals surface area contributed by atoms with Crippen molar-refractivity contribution in [1.29, 1.82) is 0 Å². The van der Waals surface area contributed by atoms with Crippen LogP contribution in [0.5, 0.6) is 11.5 Å². The lowest BCUT2D eigenvalue weighted by atomic mass is 10.1. The number of nitrogens with one attached hydrogen (secondary N) is 1. The lowest BCUT2D eigenvalue weighted by Crippen LogP contribution is -2.19. The third-order valence-electron chi connectivity index (χ3n) is 3.91. The van der Waals surface area contributed by atoms with Crippen molar-refractivity contribution in [3.05, 3.63) is 58.5 Å². The normalized spacial score (nSPS) is 16.5. The van der Waals surface area contributed by atoms with Gasteiger partial charge in [0.2, 0.25) is 0 Å². The zero-order valence-electron chi connectivity index (χ0n) is 15.9. The van der Waals surface area contributed by atoms with Gasteiger partial charge in [-0.15, -0.1) is 0 Å². The Kier molecular flexibility index (Phi) is 6.54. The van der Waals surface area contributed by atoms with Crippen LogP contribution in [-0.2, 0) is 15.8 Å². The summed E-state index contributed by atoms with van der Waals surface area (Å²) in [6.45, 7) is -0.613. The van der Waals surface area contributed by atoms with Crippen LogP contribution in [0.1, 0.15) is 11.1 Å². The van der Waals surface area contributed by atoms with Crippen molar-refractivity contribution in [2.45, 2.75) is 6.18 Å². The van der Waals surface area contributed by atoms with E-state index in [1.54, 1.807) is 18.2 Å². The van der Waals surface area contributed by atoms with Crippen LogP contribution in [0, 0.1) is 0 Å². The number of carboxylic acid groups (broad SMARTS) is 1. The summed E-state index contributed by atoms with van der Waals surface area (Å²) in [6, 6.07) is 9.22. The predicted octanol–water partition coefficient (Wildman–Crippen LogP) is 4.07. The van der Waals surface area contributed by atoms with Gasteiger partial charge >= 0.3 is 12.1 Å². The van der Waals surface area contributed by atoms with Crippen LogP contribution in [0.4, 0.5) is 18.9 Å². The zero-order chi connectivity index (χ0) is 22.6. The summed E-state index contributed by atoms with van der Waals surface area (Å²) in [4.78, 5) is 27.4. The maximum atomic E-state index is 12.9. The third kappa shape index (κ3) is 5.57. The average molecular weight is 452 g/mol. The van der Waals surface area contributed by atoms with Gasteiger partial charge in [-0.05, 0) is 42.1 Å². The minimum atomic E-state index is -4.51. The highest BCUT2D eigenvalue weighted by Gasteiger charge is 2.31.